The van der Waals surface area contributed by atoms with Crippen molar-refractivity contribution in [2.45, 2.75) is 62.7 Å². The number of aliphatic hydroxyl groups excluding tert-OH is 1. The molecule has 4 saturated heterocycles. The molecule has 0 aliphatic carbocycles. The molecule has 13 heteroatoms. The van der Waals surface area contributed by atoms with E-state index < -0.39 is 11.8 Å². The third-order valence-electron chi connectivity index (χ3n) is 13.0. The molecule has 4 aliphatic rings. The lowest BCUT2D eigenvalue weighted by atomic mass is 9.85. The zero-order valence-corrected chi connectivity index (χ0v) is 35.8. The van der Waals surface area contributed by atoms with Gasteiger partial charge < -0.3 is 10.0 Å². The molecule has 4 aromatic rings. The number of rotatable bonds is 10. The van der Waals surface area contributed by atoms with Crippen LogP contribution in [0.1, 0.15) is 52.1 Å². The molecule has 0 spiro atoms. The molecular weight excluding hydrogens is 810 g/mol. The van der Waals surface area contributed by atoms with Gasteiger partial charge in [0.15, 0.2) is 5.66 Å². The van der Waals surface area contributed by atoms with Gasteiger partial charge in [-0.2, -0.15) is 0 Å². The van der Waals surface area contributed by atoms with Crippen LogP contribution in [-0.2, 0) is 12.2 Å². The van der Waals surface area contributed by atoms with Crippen molar-refractivity contribution < 1.29 is 19.1 Å². The number of β-amino-alcohol motifs (C(OH)–C–C–N with tert-alkyl or cyclic N) is 1. The predicted octanol–water partition coefficient (Wildman–Crippen LogP) is 6.99. The average Bonchev–Trinajstić information content (AvgIpc) is 3.87. The number of piperazine rings is 2. The number of benzene rings is 4. The van der Waals surface area contributed by atoms with Gasteiger partial charge in [-0.3, -0.25) is 34.1 Å². The minimum atomic E-state index is -1.25. The minimum absolute atomic E-state index is 0.0801. The lowest BCUT2D eigenvalue weighted by molar-refractivity contribution is -0.0801. The molecule has 1 N–H and O–H groups in total. The van der Waals surface area contributed by atoms with Crippen molar-refractivity contribution in [1.29, 1.82) is 0 Å². The van der Waals surface area contributed by atoms with Gasteiger partial charge in [-0.1, -0.05) is 59.1 Å². The second kappa shape index (κ2) is 17.9. The maximum absolute atomic E-state index is 15.6. The molecule has 59 heavy (non-hydrogen) atoms. The molecule has 0 bridgehead atoms. The number of ketones is 1. The fraction of sp³-hybridized carbons (Fsp3) is 0.435. The molecular formula is C46H52Cl3FN6O3. The number of nitrogens with zero attached hydrogens (tertiary/aromatic N) is 6. The van der Waals surface area contributed by atoms with Gasteiger partial charge in [-0.25, -0.2) is 4.39 Å². The highest BCUT2D eigenvalue weighted by Crippen LogP contribution is 2.42. The van der Waals surface area contributed by atoms with Gasteiger partial charge in [0.25, 0.3) is 5.91 Å². The van der Waals surface area contributed by atoms with Crippen LogP contribution < -0.4 is 0 Å². The lowest BCUT2D eigenvalue weighted by Gasteiger charge is -2.54. The van der Waals surface area contributed by atoms with Crippen LogP contribution in [0.2, 0.25) is 15.1 Å². The molecule has 9 nitrogen and oxygen atoms in total. The summed E-state index contributed by atoms with van der Waals surface area (Å²) in [5, 5.41) is 13.3. The first kappa shape index (κ1) is 42.3. The number of aliphatic hydroxyl groups is 1. The summed E-state index contributed by atoms with van der Waals surface area (Å²) < 4.78 is 14.7. The third kappa shape index (κ3) is 8.72. The smallest absolute Gasteiger partial charge is 0.253 e. The number of carbonyl (C=O) groups excluding carboxylic acids is 2. The monoisotopic (exact) mass is 860 g/mol. The minimum Gasteiger partial charge on any atom is -0.390 e. The summed E-state index contributed by atoms with van der Waals surface area (Å²) in [6.45, 7) is 11.6. The van der Waals surface area contributed by atoms with Crippen LogP contribution in [0.4, 0.5) is 4.39 Å². The topological polar surface area (TPSA) is 73.8 Å². The Labute approximate surface area is 361 Å². The van der Waals surface area contributed by atoms with E-state index in [1.807, 2.05) is 12.1 Å². The van der Waals surface area contributed by atoms with E-state index in [9.17, 15) is 14.3 Å². The Morgan fingerprint density at radius 2 is 1.24 bits per heavy atom. The van der Waals surface area contributed by atoms with Crippen molar-refractivity contribution >= 4 is 46.5 Å². The molecule has 4 fully saturated rings. The summed E-state index contributed by atoms with van der Waals surface area (Å²) >= 11 is 18.6. The van der Waals surface area contributed by atoms with Crippen molar-refractivity contribution in [3.63, 3.8) is 0 Å². The van der Waals surface area contributed by atoms with E-state index in [2.05, 4.69) is 50.5 Å². The number of hydrogen-bond acceptors (Lipinski definition) is 8. The van der Waals surface area contributed by atoms with Gasteiger partial charge in [-0.05, 0) is 104 Å². The van der Waals surface area contributed by atoms with Crippen LogP contribution in [0.15, 0.2) is 97.1 Å². The van der Waals surface area contributed by atoms with Gasteiger partial charge >= 0.3 is 0 Å². The van der Waals surface area contributed by atoms with Crippen molar-refractivity contribution in [2.75, 3.05) is 65.4 Å². The SMILES string of the molecule is C[C@@H]1CN(Cc2ccc(Cl)cc2)CCN1C1CCN(C(C(=O)c2ccc(Cl)cc2)(c2ccc(F)cc2)N2CCN(C3CN(C(=O)c4ccc(Cl)cc4)CC3O)[C@H](C)C2)C1. The van der Waals surface area contributed by atoms with Crippen molar-refractivity contribution in [3.8, 4) is 0 Å². The molecule has 1 amide bonds. The number of hydrogen-bond donors (Lipinski definition) is 1. The normalized spacial score (nSPS) is 26.3. The van der Waals surface area contributed by atoms with Gasteiger partial charge in [0.1, 0.15) is 5.82 Å². The Kier molecular flexibility index (Phi) is 12.8. The molecule has 312 valence electrons. The van der Waals surface area contributed by atoms with E-state index in [0.29, 0.717) is 66.5 Å². The highest BCUT2D eigenvalue weighted by molar-refractivity contribution is 6.31. The van der Waals surface area contributed by atoms with E-state index in [1.54, 1.807) is 65.6 Å². The highest BCUT2D eigenvalue weighted by Gasteiger charge is 2.55. The third-order valence-corrected chi connectivity index (χ3v) is 13.8. The second-order valence-electron chi connectivity index (χ2n) is 16.7. The molecule has 0 saturated carbocycles. The summed E-state index contributed by atoms with van der Waals surface area (Å²) in [5.41, 5.74) is 1.78. The Morgan fingerprint density at radius 3 is 1.86 bits per heavy atom. The molecule has 4 aromatic carbocycles. The van der Waals surface area contributed by atoms with E-state index >= 15 is 4.79 Å². The van der Waals surface area contributed by atoms with E-state index in [-0.39, 0.29) is 42.2 Å². The van der Waals surface area contributed by atoms with Crippen LogP contribution in [0, 0.1) is 5.82 Å². The van der Waals surface area contributed by atoms with Gasteiger partial charge in [-0.15, -0.1) is 0 Å². The first-order valence-electron chi connectivity index (χ1n) is 20.7. The Hall–Kier alpha value is -3.42. The van der Waals surface area contributed by atoms with E-state index in [0.717, 1.165) is 43.2 Å². The van der Waals surface area contributed by atoms with Gasteiger partial charge in [0.2, 0.25) is 5.78 Å². The Morgan fingerprint density at radius 1 is 0.661 bits per heavy atom. The Bertz CT molecular complexity index is 2100. The maximum Gasteiger partial charge on any atom is 0.253 e. The summed E-state index contributed by atoms with van der Waals surface area (Å²) in [6.07, 6.45) is 0.158. The van der Waals surface area contributed by atoms with Crippen LogP contribution in [-0.4, -0.2) is 142 Å². The molecule has 4 aliphatic heterocycles. The van der Waals surface area contributed by atoms with Crippen molar-refractivity contribution in [1.82, 2.24) is 29.4 Å². The number of halogens is 4. The Balaban J connectivity index is 1.06. The van der Waals surface area contributed by atoms with Gasteiger partial charge in [0.05, 0.1) is 12.1 Å². The quantitative estimate of drug-likeness (QED) is 0.171. The maximum atomic E-state index is 15.6. The zero-order valence-electron chi connectivity index (χ0n) is 33.6. The fourth-order valence-electron chi connectivity index (χ4n) is 10.2. The van der Waals surface area contributed by atoms with Crippen molar-refractivity contribution in [3.05, 3.63) is 140 Å². The molecule has 4 heterocycles. The van der Waals surface area contributed by atoms with Crippen LogP contribution in [0.25, 0.3) is 0 Å². The summed E-state index contributed by atoms with van der Waals surface area (Å²) in [5.74, 6) is -0.583. The molecule has 0 aromatic heterocycles. The first-order valence-corrected chi connectivity index (χ1v) is 21.8. The standard InChI is InChI=1S/C46H52Cl3FN6O3/c1-31-25-51(27-33-3-11-37(47)12-4-33)21-23-55(31)41-19-20-53(28-41)46(36-9-17-40(50)18-10-36,44(58)34-5-13-38(48)14-6-34)54-22-24-56(32(2)26-54)42-29-52(30-43(42)57)45(59)35-7-15-39(49)16-8-35/h3-18,31-32,41-43,57H,19-30H2,1-2H3/t31-,32-,41?,42?,43?,46?/m1/s1. The second-order valence-corrected chi connectivity index (χ2v) is 18.0. The summed E-state index contributed by atoms with van der Waals surface area (Å²) in [7, 11) is 0. The predicted molar refractivity (Wildman–Crippen MR) is 232 cm³/mol. The zero-order chi connectivity index (χ0) is 41.4. The highest BCUT2D eigenvalue weighted by atomic mass is 35.5. The van der Waals surface area contributed by atoms with Crippen LogP contribution in [0.5, 0.6) is 0 Å². The summed E-state index contributed by atoms with van der Waals surface area (Å²) in [6, 6.07) is 28.6. The van der Waals surface area contributed by atoms with Crippen LogP contribution >= 0.6 is 34.8 Å². The molecule has 4 unspecified atom stereocenters. The number of Topliss-reactive ketones (excluding diaryl/α,β-unsaturated/α-hetero) is 1. The van der Waals surface area contributed by atoms with Crippen LogP contribution in [0.3, 0.4) is 0 Å². The van der Waals surface area contributed by atoms with E-state index in [4.69, 9.17) is 34.8 Å². The van der Waals surface area contributed by atoms with Gasteiger partial charge in [0, 0.05) is 116 Å². The lowest BCUT2D eigenvalue weighted by Crippen LogP contribution is -2.69. The molecule has 6 atom stereocenters. The van der Waals surface area contributed by atoms with Crippen molar-refractivity contribution in [2.24, 2.45) is 0 Å². The summed E-state index contributed by atoms with van der Waals surface area (Å²) in [4.78, 5) is 42.8. The molecule has 8 rings (SSSR count). The average molecular weight is 862 g/mol. The molecule has 0 radical (unpaired) electrons. The van der Waals surface area contributed by atoms with E-state index in [1.165, 1.54) is 17.7 Å². The largest absolute Gasteiger partial charge is 0.390 e. The first-order chi connectivity index (χ1) is 28.4. The number of likely N-dealkylation sites (tertiary alicyclic amines) is 2. The number of amides is 1. The fourth-order valence-corrected chi connectivity index (χ4v) is 10.5. The number of carbonyl (C=O) groups is 2.